The van der Waals surface area contributed by atoms with E-state index in [1.54, 1.807) is 42.5 Å². The Kier molecular flexibility index (Phi) is 4.45. The molecule has 0 radical (unpaired) electrons. The second-order valence-corrected chi connectivity index (χ2v) is 6.40. The van der Waals surface area contributed by atoms with E-state index >= 15 is 0 Å². The smallest absolute Gasteiger partial charge is 0.345 e. The first-order valence-corrected chi connectivity index (χ1v) is 8.92. The zero-order valence-electron chi connectivity index (χ0n) is 18.9. The minimum Gasteiger partial charge on any atom is -0.479 e. The Balaban J connectivity index is 2.10. The number of carboxylic acid groups (broad SMARTS) is 1. The fourth-order valence-electron chi connectivity index (χ4n) is 3.43. The van der Waals surface area contributed by atoms with Crippen molar-refractivity contribution in [3.63, 3.8) is 0 Å². The van der Waals surface area contributed by atoms with Crippen molar-refractivity contribution in [2.75, 3.05) is 24.5 Å². The van der Waals surface area contributed by atoms with Crippen LogP contribution >= 0.6 is 0 Å². The first-order valence-electron chi connectivity index (χ1n) is 10.9. The lowest BCUT2D eigenvalue weighted by molar-refractivity contribution is -0.161. The van der Waals surface area contributed by atoms with Crippen LogP contribution in [-0.4, -0.2) is 30.7 Å². The highest BCUT2D eigenvalue weighted by Crippen LogP contribution is 2.35. The van der Waals surface area contributed by atoms with E-state index < -0.39 is 24.5 Å². The molecule has 0 spiro atoms. The predicted octanol–water partition coefficient (Wildman–Crippen LogP) is 4.43. The molecule has 4 nitrogen and oxygen atoms in total. The molecule has 138 valence electrons. The van der Waals surface area contributed by atoms with Crippen LogP contribution in [0.4, 0.5) is 5.69 Å². The first kappa shape index (κ1) is 13.8. The molecule has 26 heavy (non-hydrogen) atoms. The number of carboxylic acids is 1. The quantitative estimate of drug-likeness (QED) is 0.796. The van der Waals surface area contributed by atoms with Gasteiger partial charge in [0.05, 0.1) is 2.74 Å². The average molecular weight is 357 g/mol. The van der Waals surface area contributed by atoms with Gasteiger partial charge in [-0.3, -0.25) is 0 Å². The third kappa shape index (κ3) is 3.61. The molecule has 1 heterocycles. The topological polar surface area (TPSA) is 49.8 Å². The van der Waals surface area contributed by atoms with Crippen LogP contribution < -0.4 is 4.90 Å². The number of aliphatic carboxylic acids is 1. The van der Waals surface area contributed by atoms with Crippen molar-refractivity contribution < 1.29 is 20.1 Å². The van der Waals surface area contributed by atoms with Crippen molar-refractivity contribution >= 4 is 11.7 Å². The van der Waals surface area contributed by atoms with Crippen molar-refractivity contribution in [2.24, 2.45) is 0 Å². The molecule has 0 aromatic heterocycles. The van der Waals surface area contributed by atoms with Gasteiger partial charge in [-0.2, -0.15) is 0 Å². The average Bonchev–Trinajstić information content (AvgIpc) is 2.72. The molecule has 4 heteroatoms. The first-order chi connectivity index (χ1) is 14.1. The number of benzene rings is 2. The lowest BCUT2D eigenvalue weighted by atomic mass is 9.85. The van der Waals surface area contributed by atoms with Crippen molar-refractivity contribution in [3.05, 3.63) is 65.7 Å². The van der Waals surface area contributed by atoms with Gasteiger partial charge in [0.15, 0.2) is 0 Å². The van der Waals surface area contributed by atoms with Gasteiger partial charge in [-0.05, 0) is 48.9 Å². The van der Waals surface area contributed by atoms with E-state index in [4.69, 9.17) is 10.2 Å². The molecule has 0 saturated carbocycles. The van der Waals surface area contributed by atoms with E-state index in [-0.39, 0.29) is 11.1 Å². The minimum absolute atomic E-state index is 0.219. The lowest BCUT2D eigenvalue weighted by Crippen LogP contribution is -2.40. The molecule has 1 unspecified atom stereocenters. The van der Waals surface area contributed by atoms with Gasteiger partial charge in [0, 0.05) is 28.1 Å². The standard InChI is InChI=1S/C22H27NO3/c1-2-17-26-22(21(24)25,18-9-5-3-6-10-18)19-11-13-20(14-12-19)23-15-7-4-8-16-23/h3,5-6,9-14H,2,4,7-8,15-17H2,1H3,(H,24,25)/i2D2,17D2. The summed E-state index contributed by atoms with van der Waals surface area (Å²) in [6, 6.07) is 15.0. The lowest BCUT2D eigenvalue weighted by Gasteiger charge is -2.32. The van der Waals surface area contributed by atoms with Crippen molar-refractivity contribution in [3.8, 4) is 0 Å². The van der Waals surface area contributed by atoms with Gasteiger partial charge < -0.3 is 14.7 Å². The molecule has 1 N–H and O–H groups in total. The molecule has 0 aliphatic carbocycles. The summed E-state index contributed by atoms with van der Waals surface area (Å²) in [7, 11) is 0. The van der Waals surface area contributed by atoms with E-state index in [1.807, 2.05) is 12.1 Å². The van der Waals surface area contributed by atoms with E-state index in [9.17, 15) is 9.90 Å². The summed E-state index contributed by atoms with van der Waals surface area (Å²) in [5, 5.41) is 10.3. The van der Waals surface area contributed by atoms with Crippen LogP contribution in [0.3, 0.4) is 0 Å². The minimum atomic E-state index is -2.85. The Morgan fingerprint density at radius 3 is 2.27 bits per heavy atom. The van der Waals surface area contributed by atoms with Crippen LogP contribution in [0.2, 0.25) is 0 Å². The second kappa shape index (κ2) is 8.37. The molecule has 2 aromatic rings. The maximum absolute atomic E-state index is 12.6. The zero-order valence-corrected chi connectivity index (χ0v) is 14.9. The normalized spacial score (nSPS) is 20.3. The third-order valence-corrected chi connectivity index (χ3v) is 4.78. The Labute approximate surface area is 161 Å². The number of hydrogen-bond donors (Lipinski definition) is 1. The van der Waals surface area contributed by atoms with Crippen LogP contribution in [0.1, 0.15) is 49.2 Å². The maximum atomic E-state index is 12.6. The van der Waals surface area contributed by atoms with Gasteiger partial charge in [0.2, 0.25) is 5.60 Å². The van der Waals surface area contributed by atoms with Crippen molar-refractivity contribution in [1.29, 1.82) is 0 Å². The molecule has 0 amide bonds. The van der Waals surface area contributed by atoms with Crippen molar-refractivity contribution in [2.45, 2.75) is 38.2 Å². The molecule has 3 rings (SSSR count). The highest BCUT2D eigenvalue weighted by atomic mass is 16.5. The van der Waals surface area contributed by atoms with Gasteiger partial charge in [-0.1, -0.05) is 49.4 Å². The summed E-state index contributed by atoms with van der Waals surface area (Å²) in [6.07, 6.45) is 1.00. The Morgan fingerprint density at radius 1 is 1.08 bits per heavy atom. The largest absolute Gasteiger partial charge is 0.479 e. The summed E-state index contributed by atoms with van der Waals surface area (Å²) in [5.74, 6) is -1.41. The summed E-state index contributed by atoms with van der Waals surface area (Å²) in [4.78, 5) is 14.8. The summed E-state index contributed by atoms with van der Waals surface area (Å²) in [6.45, 7) is 0.0607. The number of hydrogen-bond acceptors (Lipinski definition) is 3. The van der Waals surface area contributed by atoms with Gasteiger partial charge in [-0.15, -0.1) is 0 Å². The molecule has 1 atom stereocenters. The molecule has 2 aromatic carbocycles. The van der Waals surface area contributed by atoms with Crippen LogP contribution in [-0.2, 0) is 15.1 Å². The molecular weight excluding hydrogens is 326 g/mol. The van der Waals surface area contributed by atoms with E-state index in [0.717, 1.165) is 38.5 Å². The fraction of sp³-hybridized carbons (Fsp3) is 0.409. The number of piperidine rings is 1. The van der Waals surface area contributed by atoms with E-state index in [1.165, 1.54) is 6.42 Å². The highest BCUT2D eigenvalue weighted by Gasteiger charge is 2.43. The molecule has 0 bridgehead atoms. The molecule has 1 saturated heterocycles. The Morgan fingerprint density at radius 2 is 1.69 bits per heavy atom. The molecule has 1 aliphatic rings. The highest BCUT2D eigenvalue weighted by molar-refractivity contribution is 5.84. The van der Waals surface area contributed by atoms with Gasteiger partial charge >= 0.3 is 5.97 Å². The van der Waals surface area contributed by atoms with Crippen molar-refractivity contribution in [1.82, 2.24) is 0 Å². The number of carbonyl (C=O) groups is 1. The van der Waals surface area contributed by atoms with Crippen LogP contribution in [0.5, 0.6) is 0 Å². The number of ether oxygens (including phenoxy) is 1. The van der Waals surface area contributed by atoms with Crippen LogP contribution in [0.15, 0.2) is 54.6 Å². The van der Waals surface area contributed by atoms with Crippen LogP contribution in [0.25, 0.3) is 0 Å². The summed E-state index contributed by atoms with van der Waals surface area (Å²) in [5.41, 5.74) is -0.778. The Hall–Kier alpha value is -2.33. The second-order valence-electron chi connectivity index (χ2n) is 6.40. The summed E-state index contributed by atoms with van der Waals surface area (Å²) >= 11 is 0. The van der Waals surface area contributed by atoms with Gasteiger partial charge in [0.25, 0.3) is 0 Å². The van der Waals surface area contributed by atoms with Gasteiger partial charge in [-0.25, -0.2) is 4.79 Å². The summed E-state index contributed by atoms with van der Waals surface area (Å²) < 4.78 is 37.4. The zero-order chi connectivity index (χ0) is 22.0. The monoisotopic (exact) mass is 357 g/mol. The number of anilines is 1. The molecule has 1 aliphatic heterocycles. The molecule has 1 fully saturated rings. The van der Waals surface area contributed by atoms with E-state index in [2.05, 4.69) is 4.90 Å². The SMILES string of the molecule is [2H]C([2H])(C)C([2H])([2H])OC(C(=O)O)(c1ccccc1)c1ccc(N2CCCCC2)cc1. The van der Waals surface area contributed by atoms with E-state index in [0.29, 0.717) is 0 Å². The van der Waals surface area contributed by atoms with Crippen LogP contribution in [0, 0.1) is 0 Å². The molecular formula is C22H27NO3. The predicted molar refractivity (Wildman–Crippen MR) is 104 cm³/mol. The van der Waals surface area contributed by atoms with Gasteiger partial charge in [0.1, 0.15) is 0 Å². The number of rotatable bonds is 7. The number of nitrogens with zero attached hydrogens (tertiary/aromatic N) is 1. The Bertz CT molecular complexity index is 862. The fourth-order valence-corrected chi connectivity index (χ4v) is 3.43. The third-order valence-electron chi connectivity index (χ3n) is 4.78. The maximum Gasteiger partial charge on any atom is 0.345 e.